The van der Waals surface area contributed by atoms with Crippen LogP contribution >= 0.6 is 0 Å². The van der Waals surface area contributed by atoms with Crippen LogP contribution in [-0.4, -0.2) is 21.5 Å². The number of ether oxygens (including phenoxy) is 1. The molecular weight excluding hydrogens is 264 g/mol. The van der Waals surface area contributed by atoms with Gasteiger partial charge in [0.2, 0.25) is 0 Å². The Morgan fingerprint density at radius 1 is 1.11 bits per heavy atom. The minimum atomic E-state index is -3.64. The van der Waals surface area contributed by atoms with Crippen LogP contribution in [-0.2, 0) is 19.4 Å². The van der Waals surface area contributed by atoms with Crippen molar-refractivity contribution in [3.63, 3.8) is 0 Å². The van der Waals surface area contributed by atoms with Gasteiger partial charge in [0.25, 0.3) is 0 Å². The molecule has 0 aliphatic carbocycles. The molecule has 2 rings (SSSR count). The molecule has 4 nitrogen and oxygen atoms in total. The highest BCUT2D eigenvalue weighted by Gasteiger charge is 2.11. The highest BCUT2D eigenvalue weighted by atomic mass is 32.2. The van der Waals surface area contributed by atoms with Crippen molar-refractivity contribution in [2.75, 3.05) is 7.11 Å². The first-order chi connectivity index (χ1) is 9.03. The van der Waals surface area contributed by atoms with Crippen molar-refractivity contribution in [3.8, 4) is 0 Å². The number of esters is 1. The van der Waals surface area contributed by atoms with Crippen molar-refractivity contribution in [2.45, 2.75) is 4.90 Å². The van der Waals surface area contributed by atoms with Gasteiger partial charge in [0.1, 0.15) is 0 Å². The molecule has 0 atom stereocenters. The van der Waals surface area contributed by atoms with E-state index in [0.29, 0.717) is 0 Å². The Hall–Kier alpha value is -2.14. The number of sulfone groups is 1. The van der Waals surface area contributed by atoms with E-state index in [-0.39, 0.29) is 4.90 Å². The Balaban J connectivity index is 2.43. The fourth-order valence-electron chi connectivity index (χ4n) is 1.64. The summed E-state index contributed by atoms with van der Waals surface area (Å²) in [5, 5.41) is 2.64. The zero-order valence-corrected chi connectivity index (χ0v) is 11.1. The summed E-state index contributed by atoms with van der Waals surface area (Å²) in [5.74, 6) is -0.704. The standard InChI is InChI=1S/C14H12O4S/c1-18-14(15)8-9-19(16,17)13-7-6-11-4-2-3-5-12(11)10-13/h2-10H,1H3/b9-8-. The summed E-state index contributed by atoms with van der Waals surface area (Å²) in [6, 6.07) is 12.3. The minimum Gasteiger partial charge on any atom is -0.466 e. The van der Waals surface area contributed by atoms with E-state index in [1.165, 1.54) is 13.2 Å². The van der Waals surface area contributed by atoms with Gasteiger partial charge >= 0.3 is 5.97 Å². The van der Waals surface area contributed by atoms with Crippen LogP contribution in [0.3, 0.4) is 0 Å². The second-order valence-corrected chi connectivity index (χ2v) is 5.71. The maximum Gasteiger partial charge on any atom is 0.331 e. The van der Waals surface area contributed by atoms with Crippen LogP contribution in [0.25, 0.3) is 10.8 Å². The van der Waals surface area contributed by atoms with Crippen molar-refractivity contribution in [1.29, 1.82) is 0 Å². The average Bonchev–Trinajstić information content (AvgIpc) is 2.44. The molecule has 5 heteroatoms. The molecule has 0 N–H and O–H groups in total. The molecule has 0 spiro atoms. The van der Waals surface area contributed by atoms with E-state index in [0.717, 1.165) is 22.3 Å². The highest BCUT2D eigenvalue weighted by Crippen LogP contribution is 2.20. The molecule has 0 aliphatic rings. The number of benzene rings is 2. The van der Waals surface area contributed by atoms with Gasteiger partial charge in [0.15, 0.2) is 9.84 Å². The van der Waals surface area contributed by atoms with Crippen LogP contribution in [0, 0.1) is 0 Å². The maximum absolute atomic E-state index is 12.0. The number of fused-ring (bicyclic) bond motifs is 1. The van der Waals surface area contributed by atoms with Gasteiger partial charge in [0.05, 0.1) is 12.0 Å². The smallest absolute Gasteiger partial charge is 0.331 e. The summed E-state index contributed by atoms with van der Waals surface area (Å²) in [7, 11) is -2.45. The van der Waals surface area contributed by atoms with Crippen molar-refractivity contribution >= 4 is 26.6 Å². The van der Waals surface area contributed by atoms with Crippen molar-refractivity contribution in [2.24, 2.45) is 0 Å². The zero-order chi connectivity index (χ0) is 13.9. The zero-order valence-electron chi connectivity index (χ0n) is 10.2. The lowest BCUT2D eigenvalue weighted by atomic mass is 10.1. The lowest BCUT2D eigenvalue weighted by molar-refractivity contribution is -0.134. The fourth-order valence-corrected chi connectivity index (χ4v) is 2.63. The molecule has 2 aromatic carbocycles. The summed E-state index contributed by atoms with van der Waals surface area (Å²) in [5.41, 5.74) is 0. The average molecular weight is 276 g/mol. The van der Waals surface area contributed by atoms with Gasteiger partial charge in [-0.1, -0.05) is 30.3 Å². The Labute approximate surface area is 111 Å². The second kappa shape index (κ2) is 5.24. The van der Waals surface area contributed by atoms with Gasteiger partial charge in [0, 0.05) is 11.5 Å². The normalized spacial score (nSPS) is 11.8. The van der Waals surface area contributed by atoms with Crippen molar-refractivity contribution in [3.05, 3.63) is 53.9 Å². The summed E-state index contributed by atoms with van der Waals surface area (Å²) >= 11 is 0. The minimum absolute atomic E-state index is 0.145. The number of rotatable bonds is 3. The molecule has 0 heterocycles. The first kappa shape index (κ1) is 13.3. The third kappa shape index (κ3) is 3.00. The maximum atomic E-state index is 12.0. The number of hydrogen-bond acceptors (Lipinski definition) is 4. The third-order valence-corrected chi connectivity index (χ3v) is 4.04. The molecule has 19 heavy (non-hydrogen) atoms. The van der Waals surface area contributed by atoms with E-state index in [1.54, 1.807) is 12.1 Å². The quantitative estimate of drug-likeness (QED) is 0.637. The van der Waals surface area contributed by atoms with Gasteiger partial charge in [-0.25, -0.2) is 13.2 Å². The Kier molecular flexibility index (Phi) is 3.66. The second-order valence-electron chi connectivity index (χ2n) is 3.88. The number of hydrogen-bond donors (Lipinski definition) is 0. The number of methoxy groups -OCH3 is 1. The Bertz CT molecular complexity index is 745. The molecule has 0 bridgehead atoms. The molecule has 0 aromatic heterocycles. The topological polar surface area (TPSA) is 60.4 Å². The van der Waals surface area contributed by atoms with Crippen molar-refractivity contribution in [1.82, 2.24) is 0 Å². The predicted octanol–water partition coefficient (Wildman–Crippen LogP) is 2.30. The Morgan fingerprint density at radius 3 is 2.47 bits per heavy atom. The first-order valence-electron chi connectivity index (χ1n) is 5.53. The van der Waals surface area contributed by atoms with E-state index in [9.17, 15) is 13.2 Å². The molecule has 0 saturated heterocycles. The van der Waals surface area contributed by atoms with Crippen LogP contribution in [0.2, 0.25) is 0 Å². The van der Waals surface area contributed by atoms with E-state index in [1.807, 2.05) is 24.3 Å². The monoisotopic (exact) mass is 276 g/mol. The van der Waals surface area contributed by atoms with E-state index >= 15 is 0 Å². The van der Waals surface area contributed by atoms with Gasteiger partial charge in [-0.3, -0.25) is 0 Å². The van der Waals surface area contributed by atoms with Crippen LogP contribution < -0.4 is 0 Å². The van der Waals surface area contributed by atoms with Crippen LogP contribution in [0.4, 0.5) is 0 Å². The van der Waals surface area contributed by atoms with Crippen molar-refractivity contribution < 1.29 is 17.9 Å². The molecule has 0 aliphatic heterocycles. The van der Waals surface area contributed by atoms with Crippen LogP contribution in [0.15, 0.2) is 58.8 Å². The fraction of sp³-hybridized carbons (Fsp3) is 0.0714. The van der Waals surface area contributed by atoms with Gasteiger partial charge in [-0.05, 0) is 22.9 Å². The lowest BCUT2D eigenvalue weighted by Crippen LogP contribution is -2.00. The molecule has 2 aromatic rings. The molecule has 0 saturated carbocycles. The number of carbonyl (C=O) groups excluding carboxylic acids is 1. The lowest BCUT2D eigenvalue weighted by Gasteiger charge is -2.02. The van der Waals surface area contributed by atoms with Gasteiger partial charge < -0.3 is 4.74 Å². The highest BCUT2D eigenvalue weighted by molar-refractivity contribution is 7.94. The molecule has 0 amide bonds. The van der Waals surface area contributed by atoms with E-state index in [2.05, 4.69) is 4.74 Å². The molecule has 0 radical (unpaired) electrons. The van der Waals surface area contributed by atoms with Crippen LogP contribution in [0.1, 0.15) is 0 Å². The third-order valence-electron chi connectivity index (χ3n) is 2.63. The molecule has 0 unspecified atom stereocenters. The summed E-state index contributed by atoms with van der Waals surface area (Å²) < 4.78 is 28.4. The molecular formula is C14H12O4S. The number of carbonyl (C=O) groups is 1. The largest absolute Gasteiger partial charge is 0.466 e. The SMILES string of the molecule is COC(=O)/C=C\S(=O)(=O)c1ccc2ccccc2c1. The van der Waals surface area contributed by atoms with Crippen LogP contribution in [0.5, 0.6) is 0 Å². The van der Waals surface area contributed by atoms with E-state index in [4.69, 9.17) is 0 Å². The summed E-state index contributed by atoms with van der Waals surface area (Å²) in [6.07, 6.45) is 0.893. The summed E-state index contributed by atoms with van der Waals surface area (Å²) in [6.45, 7) is 0. The summed E-state index contributed by atoms with van der Waals surface area (Å²) in [4.78, 5) is 11.1. The van der Waals surface area contributed by atoms with Gasteiger partial charge in [-0.2, -0.15) is 0 Å². The van der Waals surface area contributed by atoms with Gasteiger partial charge in [-0.15, -0.1) is 0 Å². The first-order valence-corrected chi connectivity index (χ1v) is 7.07. The molecule has 98 valence electrons. The van der Waals surface area contributed by atoms with E-state index < -0.39 is 15.8 Å². The Morgan fingerprint density at radius 2 is 1.79 bits per heavy atom. The predicted molar refractivity (Wildman–Crippen MR) is 72.3 cm³/mol. The molecule has 0 fully saturated rings.